The third-order valence-corrected chi connectivity index (χ3v) is 6.33. The van der Waals surface area contributed by atoms with Crippen molar-refractivity contribution in [3.63, 3.8) is 0 Å². The van der Waals surface area contributed by atoms with Gasteiger partial charge in [0.25, 0.3) is 0 Å². The van der Waals surface area contributed by atoms with E-state index in [0.29, 0.717) is 42.8 Å². The smallest absolute Gasteiger partial charge is 0.226 e. The summed E-state index contributed by atoms with van der Waals surface area (Å²) in [5, 5.41) is 14.0. The Bertz CT molecular complexity index is 1140. The Morgan fingerprint density at radius 3 is 2.39 bits per heavy atom. The van der Waals surface area contributed by atoms with Gasteiger partial charge in [-0.15, -0.1) is 5.10 Å². The molecule has 0 amide bonds. The number of anilines is 1. The van der Waals surface area contributed by atoms with E-state index in [2.05, 4.69) is 58.5 Å². The maximum atomic E-state index is 9.07. The number of nitriles is 1. The summed E-state index contributed by atoms with van der Waals surface area (Å²) in [5.41, 5.74) is 3.03. The van der Waals surface area contributed by atoms with Gasteiger partial charge in [0.2, 0.25) is 10.7 Å². The van der Waals surface area contributed by atoms with E-state index < -0.39 is 0 Å². The lowest BCUT2D eigenvalue weighted by Crippen LogP contribution is -2.38. The van der Waals surface area contributed by atoms with Crippen LogP contribution in [-0.2, 0) is 24.5 Å². The van der Waals surface area contributed by atoms with Crippen molar-refractivity contribution in [2.24, 2.45) is 0 Å². The van der Waals surface area contributed by atoms with Crippen LogP contribution in [0, 0.1) is 16.1 Å². The monoisotopic (exact) mass is 462 g/mol. The molecule has 1 aromatic heterocycles. The minimum atomic E-state index is 0.300. The molecule has 1 saturated heterocycles. The van der Waals surface area contributed by atoms with Gasteiger partial charge in [0.05, 0.1) is 38.1 Å². The maximum Gasteiger partial charge on any atom is 0.226 e. The first-order valence-electron chi connectivity index (χ1n) is 11.3. The first kappa shape index (κ1) is 23.2. The molecule has 0 unspecified atom stereocenters. The fourth-order valence-electron chi connectivity index (χ4n) is 3.91. The first-order chi connectivity index (χ1) is 16.0. The zero-order valence-electron chi connectivity index (χ0n) is 19.2. The quantitative estimate of drug-likeness (QED) is 0.471. The molecule has 4 rings (SSSR count). The summed E-state index contributed by atoms with van der Waals surface area (Å²) in [6.45, 7) is 9.39. The second kappa shape index (κ2) is 10.8. The van der Waals surface area contributed by atoms with Crippen molar-refractivity contribution in [1.82, 2.24) is 19.2 Å². The third kappa shape index (κ3) is 5.69. The second-order valence-corrected chi connectivity index (χ2v) is 8.91. The van der Waals surface area contributed by atoms with Crippen LogP contribution >= 0.6 is 12.2 Å². The summed E-state index contributed by atoms with van der Waals surface area (Å²) in [5.74, 6) is 0.897. The Morgan fingerprint density at radius 2 is 1.76 bits per heavy atom. The van der Waals surface area contributed by atoms with E-state index in [4.69, 9.17) is 27.3 Å². The summed E-state index contributed by atoms with van der Waals surface area (Å²) in [6.07, 6.45) is 0. The van der Waals surface area contributed by atoms with Crippen LogP contribution in [0.1, 0.15) is 30.5 Å². The number of benzene rings is 2. The fourth-order valence-corrected chi connectivity index (χ4v) is 4.16. The average molecular weight is 463 g/mol. The van der Waals surface area contributed by atoms with Gasteiger partial charge in [-0.2, -0.15) is 5.26 Å². The molecule has 8 heteroatoms. The fraction of sp³-hybridized carbons (Fsp3) is 0.400. The molecule has 1 fully saturated rings. The predicted molar refractivity (Wildman–Crippen MR) is 131 cm³/mol. The zero-order chi connectivity index (χ0) is 23.2. The SMILES string of the molecule is CC(C)N(Cc1ccc(C#N)cc1)Cn1nc(N2CCOCC2)n(Cc2ccccc2)c1=S. The summed E-state index contributed by atoms with van der Waals surface area (Å²) < 4.78 is 10.3. The molecule has 0 atom stereocenters. The van der Waals surface area contributed by atoms with Crippen molar-refractivity contribution in [1.29, 1.82) is 5.26 Å². The normalized spacial score (nSPS) is 14.1. The van der Waals surface area contributed by atoms with Crippen molar-refractivity contribution in [2.45, 2.75) is 39.6 Å². The molecule has 0 radical (unpaired) electrons. The van der Waals surface area contributed by atoms with Crippen molar-refractivity contribution < 1.29 is 4.74 Å². The van der Waals surface area contributed by atoms with Crippen LogP contribution in [0.4, 0.5) is 5.95 Å². The van der Waals surface area contributed by atoms with E-state index in [-0.39, 0.29) is 0 Å². The van der Waals surface area contributed by atoms with Gasteiger partial charge in [0.15, 0.2) is 0 Å². The molecule has 172 valence electrons. The van der Waals surface area contributed by atoms with Crippen LogP contribution in [0.2, 0.25) is 0 Å². The third-order valence-electron chi connectivity index (χ3n) is 5.90. The zero-order valence-corrected chi connectivity index (χ0v) is 20.0. The number of rotatable bonds is 8. The highest BCUT2D eigenvalue weighted by Crippen LogP contribution is 2.19. The van der Waals surface area contributed by atoms with Crippen LogP contribution in [0.15, 0.2) is 54.6 Å². The van der Waals surface area contributed by atoms with Gasteiger partial charge in [-0.3, -0.25) is 9.47 Å². The molecule has 0 bridgehead atoms. The van der Waals surface area contributed by atoms with Crippen LogP contribution < -0.4 is 4.90 Å². The number of ether oxygens (including phenoxy) is 1. The topological polar surface area (TPSA) is 62.3 Å². The molecule has 2 heterocycles. The minimum Gasteiger partial charge on any atom is -0.378 e. The molecule has 0 N–H and O–H groups in total. The molecular formula is C25H30N6OS. The van der Waals surface area contributed by atoms with E-state index in [0.717, 1.165) is 31.1 Å². The van der Waals surface area contributed by atoms with Gasteiger partial charge in [0.1, 0.15) is 0 Å². The Kier molecular flexibility index (Phi) is 7.55. The van der Waals surface area contributed by atoms with Crippen molar-refractivity contribution >= 4 is 18.2 Å². The standard InChI is InChI=1S/C25H30N6OS/c1-20(2)29(17-23-10-8-21(16-26)9-11-23)19-31-25(33)30(18-22-6-4-3-5-7-22)24(27-31)28-12-14-32-15-13-28/h3-11,20H,12-15,17-19H2,1-2H3. The van der Waals surface area contributed by atoms with Crippen molar-refractivity contribution in [3.8, 4) is 6.07 Å². The van der Waals surface area contributed by atoms with Crippen molar-refractivity contribution in [2.75, 3.05) is 31.2 Å². The molecule has 0 saturated carbocycles. The maximum absolute atomic E-state index is 9.07. The highest BCUT2D eigenvalue weighted by Gasteiger charge is 2.21. The van der Waals surface area contributed by atoms with Crippen molar-refractivity contribution in [3.05, 3.63) is 76.1 Å². The van der Waals surface area contributed by atoms with Gasteiger partial charge < -0.3 is 9.64 Å². The summed E-state index contributed by atoms with van der Waals surface area (Å²) in [7, 11) is 0. The van der Waals surface area contributed by atoms with E-state index in [9.17, 15) is 0 Å². The molecule has 1 aliphatic heterocycles. The molecule has 0 spiro atoms. The summed E-state index contributed by atoms with van der Waals surface area (Å²) >= 11 is 5.93. The van der Waals surface area contributed by atoms with E-state index in [1.54, 1.807) is 0 Å². The Labute approximate surface area is 200 Å². The van der Waals surface area contributed by atoms with E-state index in [1.807, 2.05) is 35.0 Å². The van der Waals surface area contributed by atoms with Crippen LogP contribution in [0.3, 0.4) is 0 Å². The van der Waals surface area contributed by atoms with Crippen LogP contribution in [0.5, 0.6) is 0 Å². The average Bonchev–Trinajstić information content (AvgIpc) is 3.15. The summed E-state index contributed by atoms with van der Waals surface area (Å²) in [6, 6.07) is 20.6. The molecule has 2 aromatic carbocycles. The lowest BCUT2D eigenvalue weighted by molar-refractivity contribution is 0.121. The molecule has 3 aromatic rings. The number of aromatic nitrogens is 3. The Hall–Kier alpha value is -2.99. The number of hydrogen-bond acceptors (Lipinski definition) is 6. The predicted octanol–water partition coefficient (Wildman–Crippen LogP) is 4.04. The largest absolute Gasteiger partial charge is 0.378 e. The van der Waals surface area contributed by atoms with Gasteiger partial charge in [-0.1, -0.05) is 42.5 Å². The van der Waals surface area contributed by atoms with Gasteiger partial charge in [0, 0.05) is 25.7 Å². The van der Waals surface area contributed by atoms with Crippen LogP contribution in [0.25, 0.3) is 0 Å². The highest BCUT2D eigenvalue weighted by atomic mass is 32.1. The highest BCUT2D eigenvalue weighted by molar-refractivity contribution is 7.71. The first-order valence-corrected chi connectivity index (χ1v) is 11.7. The number of nitrogens with zero attached hydrogens (tertiary/aromatic N) is 6. The van der Waals surface area contributed by atoms with Gasteiger partial charge in [-0.05, 0) is 49.3 Å². The minimum absolute atomic E-state index is 0.300. The number of hydrogen-bond donors (Lipinski definition) is 0. The van der Waals surface area contributed by atoms with Gasteiger partial charge >= 0.3 is 0 Å². The molecular weight excluding hydrogens is 432 g/mol. The molecule has 1 aliphatic rings. The number of morpholine rings is 1. The molecule has 0 aliphatic carbocycles. The molecule has 7 nitrogen and oxygen atoms in total. The second-order valence-electron chi connectivity index (χ2n) is 8.54. The van der Waals surface area contributed by atoms with E-state index in [1.165, 1.54) is 5.56 Å². The molecule has 33 heavy (non-hydrogen) atoms. The lowest BCUT2D eigenvalue weighted by atomic mass is 10.1. The lowest BCUT2D eigenvalue weighted by Gasteiger charge is -2.28. The summed E-state index contributed by atoms with van der Waals surface area (Å²) in [4.78, 5) is 4.60. The van der Waals surface area contributed by atoms with E-state index >= 15 is 0 Å². The van der Waals surface area contributed by atoms with Crippen LogP contribution in [-0.4, -0.2) is 51.6 Å². The Balaban J connectivity index is 1.62. The Morgan fingerprint density at radius 1 is 1.06 bits per heavy atom. The van der Waals surface area contributed by atoms with Gasteiger partial charge in [-0.25, -0.2) is 4.68 Å².